The van der Waals surface area contributed by atoms with E-state index in [1.165, 1.54) is 35.4 Å². The normalized spacial score (nSPS) is 13.8. The van der Waals surface area contributed by atoms with Gasteiger partial charge in [-0.1, -0.05) is 19.1 Å². The lowest BCUT2D eigenvalue weighted by Gasteiger charge is -2.28. The van der Waals surface area contributed by atoms with Crippen molar-refractivity contribution in [2.75, 3.05) is 28.4 Å². The van der Waals surface area contributed by atoms with Gasteiger partial charge in [0.15, 0.2) is 20.0 Å². The minimum absolute atomic E-state index is 0.125. The Hall–Kier alpha value is -2.92. The van der Waals surface area contributed by atoms with Crippen LogP contribution in [0.4, 0.5) is 0 Å². The molecule has 2 aromatic carbocycles. The summed E-state index contributed by atoms with van der Waals surface area (Å²) in [5.74, 6) is -0.811. The number of Topliss-reactive ketones (excluding diaryl/α,β-unsaturated/α-hetero) is 2. The van der Waals surface area contributed by atoms with E-state index in [1.54, 1.807) is 43.3 Å². The zero-order chi connectivity index (χ0) is 22.5. The van der Waals surface area contributed by atoms with Gasteiger partial charge in [0.25, 0.3) is 0 Å². The Balaban J connectivity index is 2.60. The van der Waals surface area contributed by atoms with Crippen LogP contribution in [0.3, 0.4) is 0 Å². The summed E-state index contributed by atoms with van der Waals surface area (Å²) in [5, 5.41) is -1.59. The SMILES string of the molecule is COc1cccc(OC)c1C(=O)C(C)C(C)(P=O)C(=O)c1c(OC)cccc1OC. The average Bonchev–Trinajstić information content (AvgIpc) is 2.80. The number of rotatable bonds is 10. The lowest BCUT2D eigenvalue weighted by atomic mass is 9.81. The highest BCUT2D eigenvalue weighted by Gasteiger charge is 2.47. The fraction of sp³-hybridized carbons (Fsp3) is 0.364. The number of carbonyl (C=O) groups is 2. The second-order valence-corrected chi connectivity index (χ2v) is 7.84. The summed E-state index contributed by atoms with van der Waals surface area (Å²) in [6.45, 7) is 3.03. The molecule has 8 heteroatoms. The lowest BCUT2D eigenvalue weighted by Crippen LogP contribution is -2.41. The van der Waals surface area contributed by atoms with E-state index in [0.717, 1.165) is 0 Å². The largest absolute Gasteiger partial charge is 0.496 e. The number of methoxy groups -OCH3 is 4. The summed E-state index contributed by atoms with van der Waals surface area (Å²) in [5.41, 5.74) is 0.310. The van der Waals surface area contributed by atoms with Crippen LogP contribution in [0.5, 0.6) is 23.0 Å². The second-order valence-electron chi connectivity index (χ2n) is 6.73. The molecule has 160 valence electrons. The third-order valence-corrected chi connectivity index (χ3v) is 6.18. The molecule has 2 aromatic rings. The molecule has 2 unspecified atom stereocenters. The summed E-state index contributed by atoms with van der Waals surface area (Å²) in [6.07, 6.45) is 0. The minimum Gasteiger partial charge on any atom is -0.496 e. The summed E-state index contributed by atoms with van der Waals surface area (Å²) < 4.78 is 33.6. The van der Waals surface area contributed by atoms with E-state index >= 15 is 0 Å². The van der Waals surface area contributed by atoms with Gasteiger partial charge < -0.3 is 18.9 Å². The van der Waals surface area contributed by atoms with Crippen molar-refractivity contribution < 1.29 is 33.1 Å². The number of benzene rings is 2. The van der Waals surface area contributed by atoms with Gasteiger partial charge in [0.2, 0.25) is 0 Å². The van der Waals surface area contributed by atoms with Gasteiger partial charge in [-0.15, -0.1) is 0 Å². The molecule has 0 saturated carbocycles. The topological polar surface area (TPSA) is 88.1 Å². The van der Waals surface area contributed by atoms with Crippen LogP contribution in [-0.4, -0.2) is 45.2 Å². The number of ketones is 2. The van der Waals surface area contributed by atoms with Gasteiger partial charge in [-0.05, 0) is 31.2 Å². The molecule has 0 saturated heterocycles. The van der Waals surface area contributed by atoms with Crippen molar-refractivity contribution in [3.8, 4) is 23.0 Å². The van der Waals surface area contributed by atoms with Crippen molar-refractivity contribution in [1.82, 2.24) is 0 Å². The van der Waals surface area contributed by atoms with Crippen LogP contribution in [0.25, 0.3) is 0 Å². The van der Waals surface area contributed by atoms with E-state index in [9.17, 15) is 14.2 Å². The maximum atomic E-state index is 13.6. The third kappa shape index (κ3) is 4.03. The van der Waals surface area contributed by atoms with Crippen molar-refractivity contribution in [3.63, 3.8) is 0 Å². The smallest absolute Gasteiger partial charge is 0.188 e. The van der Waals surface area contributed by atoms with Gasteiger partial charge in [-0.2, -0.15) is 0 Å². The molecule has 7 nitrogen and oxygen atoms in total. The average molecular weight is 432 g/mol. The van der Waals surface area contributed by atoms with E-state index in [-0.39, 0.29) is 22.6 Å². The molecule has 0 radical (unpaired) electrons. The van der Waals surface area contributed by atoms with Gasteiger partial charge in [-0.25, -0.2) is 0 Å². The number of carbonyl (C=O) groups excluding carboxylic acids is 2. The Morgan fingerprint density at radius 1 is 0.800 bits per heavy atom. The maximum Gasteiger partial charge on any atom is 0.188 e. The summed E-state index contributed by atoms with van der Waals surface area (Å²) in [6, 6.07) is 9.82. The van der Waals surface area contributed by atoms with Crippen molar-refractivity contribution in [2.45, 2.75) is 19.0 Å². The zero-order valence-electron chi connectivity index (χ0n) is 17.8. The highest BCUT2D eigenvalue weighted by atomic mass is 31.1. The Kier molecular flexibility index (Phi) is 7.57. The fourth-order valence-corrected chi connectivity index (χ4v) is 3.68. The van der Waals surface area contributed by atoms with E-state index < -0.39 is 31.1 Å². The number of hydrogen-bond acceptors (Lipinski definition) is 7. The van der Waals surface area contributed by atoms with Crippen molar-refractivity contribution >= 4 is 20.0 Å². The van der Waals surface area contributed by atoms with Crippen molar-refractivity contribution in [3.05, 3.63) is 47.5 Å². The molecular weight excluding hydrogens is 407 g/mol. The van der Waals surface area contributed by atoms with Crippen LogP contribution in [0.15, 0.2) is 36.4 Å². The summed E-state index contributed by atoms with van der Waals surface area (Å²) in [7, 11) is 5.20. The van der Waals surface area contributed by atoms with Crippen LogP contribution in [0, 0.1) is 5.92 Å². The van der Waals surface area contributed by atoms with E-state index in [1.807, 2.05) is 0 Å². The summed E-state index contributed by atoms with van der Waals surface area (Å²) >= 11 is 0. The molecule has 2 rings (SSSR count). The maximum absolute atomic E-state index is 13.6. The number of ether oxygens (including phenoxy) is 4. The van der Waals surface area contributed by atoms with E-state index in [4.69, 9.17) is 18.9 Å². The van der Waals surface area contributed by atoms with Crippen LogP contribution < -0.4 is 18.9 Å². The Bertz CT molecular complexity index is 912. The highest BCUT2D eigenvalue weighted by Crippen LogP contribution is 2.43. The van der Waals surface area contributed by atoms with Crippen molar-refractivity contribution in [2.24, 2.45) is 5.92 Å². The molecule has 0 aliphatic heterocycles. The molecule has 0 heterocycles. The van der Waals surface area contributed by atoms with Crippen LogP contribution in [0.2, 0.25) is 0 Å². The van der Waals surface area contributed by atoms with Crippen LogP contribution in [-0.2, 0) is 4.57 Å². The zero-order valence-corrected chi connectivity index (χ0v) is 18.7. The molecule has 0 aliphatic carbocycles. The molecule has 0 amide bonds. The molecule has 2 atom stereocenters. The monoisotopic (exact) mass is 432 g/mol. The fourth-order valence-electron chi connectivity index (χ4n) is 3.21. The van der Waals surface area contributed by atoms with Crippen LogP contribution in [0.1, 0.15) is 34.6 Å². The first-order chi connectivity index (χ1) is 14.3. The van der Waals surface area contributed by atoms with Crippen LogP contribution >= 0.6 is 8.46 Å². The Morgan fingerprint density at radius 2 is 1.17 bits per heavy atom. The number of hydrogen-bond donors (Lipinski definition) is 0. The Labute approximate surface area is 177 Å². The van der Waals surface area contributed by atoms with E-state index in [0.29, 0.717) is 11.5 Å². The molecule has 0 aromatic heterocycles. The summed E-state index contributed by atoms with van der Waals surface area (Å²) in [4.78, 5) is 27.0. The Morgan fingerprint density at radius 3 is 1.50 bits per heavy atom. The van der Waals surface area contributed by atoms with Gasteiger partial charge in [-0.3, -0.25) is 14.2 Å². The molecule has 0 spiro atoms. The molecule has 0 bridgehead atoms. The standard InChI is InChI=1S/C22H25O7P/c1-13(20(23)18-14(26-3)9-7-10-15(18)27-4)22(2,30-25)21(24)19-16(28-5)11-8-12-17(19)29-6/h7-13H,1-6H3. The van der Waals surface area contributed by atoms with Gasteiger partial charge in [0, 0.05) is 5.92 Å². The van der Waals surface area contributed by atoms with Gasteiger partial charge in [0.05, 0.1) is 28.4 Å². The molecule has 0 N–H and O–H groups in total. The van der Waals surface area contributed by atoms with Crippen molar-refractivity contribution in [1.29, 1.82) is 0 Å². The predicted octanol–water partition coefficient (Wildman–Crippen LogP) is 4.47. The van der Waals surface area contributed by atoms with Gasteiger partial charge in [0.1, 0.15) is 39.3 Å². The molecular formula is C22H25O7P. The quantitative estimate of drug-likeness (QED) is 0.404. The van der Waals surface area contributed by atoms with Gasteiger partial charge >= 0.3 is 0 Å². The third-order valence-electron chi connectivity index (χ3n) is 5.21. The first-order valence-corrected chi connectivity index (χ1v) is 9.97. The molecule has 0 aliphatic rings. The first-order valence-electron chi connectivity index (χ1n) is 9.16. The molecule has 30 heavy (non-hydrogen) atoms. The molecule has 0 fully saturated rings. The first kappa shape index (κ1) is 23.4. The second kappa shape index (κ2) is 9.72. The van der Waals surface area contributed by atoms with E-state index in [2.05, 4.69) is 0 Å². The lowest BCUT2D eigenvalue weighted by molar-refractivity contribution is 0.0811. The minimum atomic E-state index is -1.59. The predicted molar refractivity (Wildman–Crippen MR) is 113 cm³/mol. The highest BCUT2D eigenvalue weighted by molar-refractivity contribution is 7.28.